The quantitative estimate of drug-likeness (QED) is 0.828. The van der Waals surface area contributed by atoms with Crippen LogP contribution in [0.2, 0.25) is 0 Å². The molecule has 142 valence electrons. The topological polar surface area (TPSA) is 47.7 Å². The molecule has 0 aliphatic carbocycles. The second-order valence-electron chi connectivity index (χ2n) is 7.21. The first-order chi connectivity index (χ1) is 12.1. The lowest BCUT2D eigenvalue weighted by atomic mass is 9.90. The predicted octanol–water partition coefficient (Wildman–Crippen LogP) is 3.96. The Morgan fingerprint density at radius 2 is 1.73 bits per heavy atom. The molecule has 26 heavy (non-hydrogen) atoms. The fraction of sp³-hybridized carbons (Fsp3) is 0.429. The van der Waals surface area contributed by atoms with Crippen molar-refractivity contribution < 1.29 is 9.47 Å². The zero-order valence-electron chi connectivity index (χ0n) is 15.8. The minimum Gasteiger partial charge on any atom is -0.493 e. The molecule has 1 saturated heterocycles. The summed E-state index contributed by atoms with van der Waals surface area (Å²) in [6.45, 7) is 6.02. The first-order valence-electron chi connectivity index (χ1n) is 8.81. The lowest BCUT2D eigenvalue weighted by molar-refractivity contribution is 0.274. The van der Waals surface area contributed by atoms with Crippen molar-refractivity contribution >= 4 is 12.4 Å². The van der Waals surface area contributed by atoms with Crippen LogP contribution in [0.25, 0.3) is 11.1 Å². The molecule has 0 bridgehead atoms. The number of hydrogen-bond donors (Lipinski definition) is 1. The van der Waals surface area contributed by atoms with E-state index < -0.39 is 0 Å². The molecule has 2 N–H and O–H groups in total. The van der Waals surface area contributed by atoms with Gasteiger partial charge >= 0.3 is 0 Å². The van der Waals surface area contributed by atoms with Crippen molar-refractivity contribution in [1.29, 1.82) is 0 Å². The molecule has 1 atom stereocenters. The van der Waals surface area contributed by atoms with E-state index in [2.05, 4.69) is 48.2 Å². The molecule has 0 radical (unpaired) electrons. The molecule has 4 nitrogen and oxygen atoms in total. The largest absolute Gasteiger partial charge is 0.493 e. The Bertz CT molecular complexity index is 723. The highest BCUT2D eigenvalue weighted by Gasteiger charge is 2.32. The lowest BCUT2D eigenvalue weighted by Gasteiger charge is -2.24. The Balaban J connectivity index is 0.00000243. The van der Waals surface area contributed by atoms with E-state index in [0.717, 1.165) is 44.1 Å². The maximum absolute atomic E-state index is 5.96. The zero-order valence-corrected chi connectivity index (χ0v) is 16.6. The smallest absolute Gasteiger partial charge is 0.161 e. The molecule has 1 heterocycles. The van der Waals surface area contributed by atoms with Crippen molar-refractivity contribution in [3.8, 4) is 22.6 Å². The monoisotopic (exact) mass is 376 g/mol. The summed E-state index contributed by atoms with van der Waals surface area (Å²) < 4.78 is 11.0. The van der Waals surface area contributed by atoms with E-state index in [1.807, 2.05) is 6.07 Å². The Morgan fingerprint density at radius 1 is 1.08 bits per heavy atom. The first-order valence-corrected chi connectivity index (χ1v) is 8.81. The molecule has 1 aliphatic rings. The normalized spacial score (nSPS) is 19.8. The summed E-state index contributed by atoms with van der Waals surface area (Å²) >= 11 is 0. The Morgan fingerprint density at radius 3 is 2.31 bits per heavy atom. The summed E-state index contributed by atoms with van der Waals surface area (Å²) in [5, 5.41) is 0. The van der Waals surface area contributed by atoms with Crippen LogP contribution in [0.15, 0.2) is 42.5 Å². The van der Waals surface area contributed by atoms with E-state index >= 15 is 0 Å². The van der Waals surface area contributed by atoms with E-state index in [1.54, 1.807) is 14.2 Å². The summed E-state index contributed by atoms with van der Waals surface area (Å²) in [6, 6.07) is 14.6. The average molecular weight is 377 g/mol. The number of methoxy groups -OCH3 is 2. The van der Waals surface area contributed by atoms with Crippen LogP contribution in [0.1, 0.15) is 18.9 Å². The van der Waals surface area contributed by atoms with Crippen LogP contribution in [-0.4, -0.2) is 38.8 Å². The number of ether oxygens (including phenoxy) is 2. The van der Waals surface area contributed by atoms with Gasteiger partial charge in [-0.2, -0.15) is 0 Å². The van der Waals surface area contributed by atoms with Crippen LogP contribution < -0.4 is 15.2 Å². The fourth-order valence-corrected chi connectivity index (χ4v) is 3.61. The Labute approximate surface area is 162 Å². The van der Waals surface area contributed by atoms with Crippen molar-refractivity contribution in [2.45, 2.75) is 19.9 Å². The van der Waals surface area contributed by atoms with Gasteiger partial charge in [0.1, 0.15) is 0 Å². The third-order valence-corrected chi connectivity index (χ3v) is 5.22. The number of likely N-dealkylation sites (tertiary alicyclic amines) is 1. The summed E-state index contributed by atoms with van der Waals surface area (Å²) in [6.07, 6.45) is 1.15. The van der Waals surface area contributed by atoms with Crippen molar-refractivity contribution in [3.63, 3.8) is 0 Å². The lowest BCUT2D eigenvalue weighted by Crippen LogP contribution is -2.31. The molecule has 0 spiro atoms. The second-order valence-corrected chi connectivity index (χ2v) is 7.21. The highest BCUT2D eigenvalue weighted by atomic mass is 35.5. The Kier molecular flexibility index (Phi) is 6.93. The van der Waals surface area contributed by atoms with Crippen LogP contribution in [0.4, 0.5) is 0 Å². The van der Waals surface area contributed by atoms with E-state index in [1.165, 1.54) is 16.7 Å². The summed E-state index contributed by atoms with van der Waals surface area (Å²) in [7, 11) is 3.37. The fourth-order valence-electron chi connectivity index (χ4n) is 3.61. The van der Waals surface area contributed by atoms with Crippen LogP contribution in [0.5, 0.6) is 11.5 Å². The average Bonchev–Trinajstić information content (AvgIpc) is 3.03. The highest BCUT2D eigenvalue weighted by molar-refractivity contribution is 5.85. The third kappa shape index (κ3) is 4.32. The molecule has 0 amide bonds. The van der Waals surface area contributed by atoms with Crippen molar-refractivity contribution in [2.75, 3.05) is 33.9 Å². The number of nitrogens with two attached hydrogens (primary N) is 1. The minimum atomic E-state index is 0. The second kappa shape index (κ2) is 8.76. The van der Waals surface area contributed by atoms with E-state index in [-0.39, 0.29) is 17.8 Å². The molecular formula is C21H29ClN2O2. The van der Waals surface area contributed by atoms with Crippen LogP contribution in [-0.2, 0) is 6.54 Å². The van der Waals surface area contributed by atoms with Gasteiger partial charge in [0.25, 0.3) is 0 Å². The molecule has 1 aliphatic heterocycles. The number of nitrogens with zero attached hydrogens (tertiary/aromatic N) is 1. The van der Waals surface area contributed by atoms with E-state index in [0.29, 0.717) is 0 Å². The maximum atomic E-state index is 5.96. The standard InChI is InChI=1S/C21H28N2O2.ClH/c1-21(14-22)9-10-23(15-21)13-17-11-19(24-2)20(25-3)12-18(17)16-7-5-4-6-8-16;/h4-8,11-12H,9-10,13-15,22H2,1-3H3;1H. The third-order valence-electron chi connectivity index (χ3n) is 5.22. The van der Waals surface area contributed by atoms with Gasteiger partial charge in [-0.1, -0.05) is 37.3 Å². The van der Waals surface area contributed by atoms with Gasteiger partial charge in [-0.05, 0) is 53.7 Å². The molecule has 3 rings (SSSR count). The van der Waals surface area contributed by atoms with Gasteiger partial charge in [-0.3, -0.25) is 4.90 Å². The van der Waals surface area contributed by atoms with E-state index in [9.17, 15) is 0 Å². The van der Waals surface area contributed by atoms with Gasteiger partial charge in [-0.25, -0.2) is 0 Å². The molecule has 0 saturated carbocycles. The molecule has 1 fully saturated rings. The molecule has 2 aromatic carbocycles. The van der Waals surface area contributed by atoms with Crippen LogP contribution >= 0.6 is 12.4 Å². The van der Waals surface area contributed by atoms with Crippen molar-refractivity contribution in [3.05, 3.63) is 48.0 Å². The predicted molar refractivity (Wildman–Crippen MR) is 109 cm³/mol. The van der Waals surface area contributed by atoms with Crippen LogP contribution in [0.3, 0.4) is 0 Å². The zero-order chi connectivity index (χ0) is 17.9. The number of halogens is 1. The van der Waals surface area contributed by atoms with Crippen LogP contribution in [0, 0.1) is 5.41 Å². The summed E-state index contributed by atoms with van der Waals surface area (Å²) in [5.41, 5.74) is 9.83. The SMILES string of the molecule is COc1cc(CN2CCC(C)(CN)C2)c(-c2ccccc2)cc1OC.Cl. The van der Waals surface area contributed by atoms with Crippen molar-refractivity contribution in [2.24, 2.45) is 11.1 Å². The number of rotatable bonds is 6. The number of hydrogen-bond acceptors (Lipinski definition) is 4. The van der Waals surface area contributed by atoms with Gasteiger partial charge < -0.3 is 15.2 Å². The molecule has 1 unspecified atom stereocenters. The van der Waals surface area contributed by atoms with Gasteiger partial charge in [0.15, 0.2) is 11.5 Å². The maximum Gasteiger partial charge on any atom is 0.161 e. The van der Waals surface area contributed by atoms with Gasteiger partial charge in [0.2, 0.25) is 0 Å². The molecular weight excluding hydrogens is 348 g/mol. The first kappa shape index (κ1) is 20.6. The van der Waals surface area contributed by atoms with Gasteiger partial charge in [0, 0.05) is 13.1 Å². The van der Waals surface area contributed by atoms with E-state index in [4.69, 9.17) is 15.2 Å². The molecule has 5 heteroatoms. The Hall–Kier alpha value is -1.75. The minimum absolute atomic E-state index is 0. The number of benzene rings is 2. The van der Waals surface area contributed by atoms with Crippen molar-refractivity contribution in [1.82, 2.24) is 4.90 Å². The van der Waals surface area contributed by atoms with Gasteiger partial charge in [0.05, 0.1) is 14.2 Å². The summed E-state index contributed by atoms with van der Waals surface area (Å²) in [4.78, 5) is 2.49. The highest BCUT2D eigenvalue weighted by Crippen LogP contribution is 2.38. The summed E-state index contributed by atoms with van der Waals surface area (Å²) in [5.74, 6) is 1.54. The van der Waals surface area contributed by atoms with Gasteiger partial charge in [-0.15, -0.1) is 12.4 Å². The molecule has 2 aromatic rings. The molecule has 0 aromatic heterocycles.